The molecule has 0 N–H and O–H groups in total. The molecule has 0 aromatic carbocycles. The molecule has 1 aromatic rings. The van der Waals surface area contributed by atoms with Crippen LogP contribution < -0.4 is 11.2 Å². The van der Waals surface area contributed by atoms with Gasteiger partial charge in [0, 0.05) is 6.20 Å². The molecule has 2 fully saturated rings. The van der Waals surface area contributed by atoms with Crippen LogP contribution in [0.5, 0.6) is 0 Å². The average Bonchev–Trinajstić information content (AvgIpc) is 3.28. The van der Waals surface area contributed by atoms with E-state index in [9.17, 15) is 19.2 Å². The van der Waals surface area contributed by atoms with Crippen molar-refractivity contribution in [1.82, 2.24) is 9.13 Å². The van der Waals surface area contributed by atoms with Crippen LogP contribution >= 0.6 is 0 Å². The topological polar surface area (TPSA) is 143 Å². The van der Waals surface area contributed by atoms with Crippen molar-refractivity contribution in [1.29, 1.82) is 0 Å². The normalized spacial score (nSPS) is 23.9. The predicted octanol–water partition coefficient (Wildman–Crippen LogP) is 6.72. The largest absolute Gasteiger partial charge is 0.443 e. The number of ether oxygens (including phenoxy) is 3. The van der Waals surface area contributed by atoms with Gasteiger partial charge in [-0.3, -0.25) is 19.0 Å². The zero-order valence-corrected chi connectivity index (χ0v) is 37.7. The maximum absolute atomic E-state index is 14.4. The third kappa shape index (κ3) is 9.47. The van der Waals surface area contributed by atoms with Crippen molar-refractivity contribution in [2.75, 3.05) is 6.61 Å². The van der Waals surface area contributed by atoms with Crippen LogP contribution in [0.4, 0.5) is 0 Å². The highest BCUT2D eigenvalue weighted by atomic mass is 28.5. The third-order valence-corrected chi connectivity index (χ3v) is 20.8. The van der Waals surface area contributed by atoms with Gasteiger partial charge >= 0.3 is 34.8 Å². The van der Waals surface area contributed by atoms with Gasteiger partial charge in [-0.05, 0) is 83.3 Å². The number of hydrogen-bond acceptors (Lipinski definition) is 11. The Kier molecular flexibility index (Phi) is 13.7. The lowest BCUT2D eigenvalue weighted by Crippen LogP contribution is -2.66. The van der Waals surface area contributed by atoms with Crippen molar-refractivity contribution in [2.24, 2.45) is 10.8 Å². The van der Waals surface area contributed by atoms with Gasteiger partial charge < -0.3 is 31.6 Å². The summed E-state index contributed by atoms with van der Waals surface area (Å²) in [6.07, 6.45) is -1.71. The quantitative estimate of drug-likeness (QED) is 0.174. The summed E-state index contributed by atoms with van der Waals surface area (Å²) in [5.74, 6) is -1.13. The average molecular weight is 787 g/mol. The number of hydrogen-bond donors (Lipinski definition) is 0. The Morgan fingerprint density at radius 1 is 0.827 bits per heavy atom. The molecule has 2 aliphatic rings. The Bertz CT molecular complexity index is 1530. The standard InChI is InChI=1S/C36H66N2O11Si3/c1-22(2)51(23(3)4)45-19-27-29(48-52(49-51,24(5)6)25(7)8)30(47-50(15,16)17)28(46-27)26-18-37(20-43-32(40)35(9,10)11)34(42)38(31(26)39)21-44-33(41)36(12,13)14/h18,22-25,27-30H,19-21H2,1-17H3/t27-,28+,29-,30+/m1/s1. The molecule has 2 aliphatic heterocycles. The molecule has 4 atom stereocenters. The fraction of sp³-hybridized carbons (Fsp3) is 0.833. The van der Waals surface area contributed by atoms with Crippen molar-refractivity contribution >= 4 is 37.4 Å². The molecule has 52 heavy (non-hydrogen) atoms. The van der Waals surface area contributed by atoms with Crippen LogP contribution in [0.25, 0.3) is 0 Å². The summed E-state index contributed by atoms with van der Waals surface area (Å²) in [6.45, 7) is 32.4. The lowest BCUT2D eigenvalue weighted by Gasteiger charge is -2.51. The number of carbonyl (C=O) groups is 2. The van der Waals surface area contributed by atoms with Gasteiger partial charge in [-0.2, -0.15) is 0 Å². The molecule has 0 amide bonds. The van der Waals surface area contributed by atoms with Crippen LogP contribution in [-0.2, 0) is 54.7 Å². The van der Waals surface area contributed by atoms with Crippen molar-refractivity contribution < 1.29 is 41.2 Å². The first-order valence-electron chi connectivity index (χ1n) is 18.6. The number of aromatic nitrogens is 2. The van der Waals surface area contributed by atoms with Crippen LogP contribution in [0.1, 0.15) is 109 Å². The van der Waals surface area contributed by atoms with E-state index in [4.69, 9.17) is 31.6 Å². The fourth-order valence-electron chi connectivity index (χ4n) is 6.69. The van der Waals surface area contributed by atoms with Crippen LogP contribution in [0.15, 0.2) is 15.8 Å². The van der Waals surface area contributed by atoms with E-state index in [-0.39, 0.29) is 34.3 Å². The highest BCUT2D eigenvalue weighted by Gasteiger charge is 2.62. The minimum Gasteiger partial charge on any atom is -0.443 e. The summed E-state index contributed by atoms with van der Waals surface area (Å²) in [5.41, 5.74) is -2.85. The summed E-state index contributed by atoms with van der Waals surface area (Å²) in [5, 5.41) is 0. The van der Waals surface area contributed by atoms with E-state index >= 15 is 0 Å². The second kappa shape index (κ2) is 16.0. The minimum atomic E-state index is -3.11. The molecule has 0 radical (unpaired) electrons. The van der Waals surface area contributed by atoms with E-state index in [2.05, 4.69) is 75.0 Å². The zero-order valence-electron chi connectivity index (χ0n) is 34.7. The molecule has 298 valence electrons. The molecular formula is C36H66N2O11Si3. The molecule has 0 spiro atoms. The van der Waals surface area contributed by atoms with Crippen molar-refractivity contribution in [3.8, 4) is 0 Å². The van der Waals surface area contributed by atoms with Crippen LogP contribution in [0.3, 0.4) is 0 Å². The molecule has 16 heteroatoms. The van der Waals surface area contributed by atoms with Crippen LogP contribution in [-0.4, -0.2) is 71.4 Å². The lowest BCUT2D eigenvalue weighted by molar-refractivity contribution is -0.157. The smallest absolute Gasteiger partial charge is 0.336 e. The maximum Gasteiger partial charge on any atom is 0.336 e. The third-order valence-electron chi connectivity index (χ3n) is 9.59. The van der Waals surface area contributed by atoms with Gasteiger partial charge in [0.1, 0.15) is 24.4 Å². The predicted molar refractivity (Wildman–Crippen MR) is 206 cm³/mol. The molecule has 2 saturated heterocycles. The van der Waals surface area contributed by atoms with Gasteiger partial charge in [-0.1, -0.05) is 55.4 Å². The molecule has 1 aromatic heterocycles. The van der Waals surface area contributed by atoms with Crippen molar-refractivity contribution in [3.63, 3.8) is 0 Å². The highest BCUT2D eigenvalue weighted by Crippen LogP contribution is 2.49. The van der Waals surface area contributed by atoms with Crippen molar-refractivity contribution in [2.45, 2.75) is 177 Å². The Morgan fingerprint density at radius 2 is 1.31 bits per heavy atom. The molecule has 3 rings (SSSR count). The molecule has 0 unspecified atom stereocenters. The van der Waals surface area contributed by atoms with E-state index in [1.807, 2.05) is 0 Å². The Morgan fingerprint density at radius 3 is 1.75 bits per heavy atom. The van der Waals surface area contributed by atoms with E-state index in [1.54, 1.807) is 41.5 Å². The van der Waals surface area contributed by atoms with Crippen molar-refractivity contribution in [3.05, 3.63) is 32.6 Å². The van der Waals surface area contributed by atoms with E-state index in [1.165, 1.54) is 6.20 Å². The minimum absolute atomic E-state index is 0.0416. The first-order chi connectivity index (χ1) is 23.6. The molecular weight excluding hydrogens is 721 g/mol. The molecule has 0 bridgehead atoms. The van der Waals surface area contributed by atoms with Gasteiger partial charge in [0.2, 0.25) is 0 Å². The summed E-state index contributed by atoms with van der Waals surface area (Å²) in [4.78, 5) is 53.8. The molecule has 0 aliphatic carbocycles. The van der Waals surface area contributed by atoms with E-state index in [0.717, 1.165) is 9.13 Å². The van der Waals surface area contributed by atoms with Crippen LogP contribution in [0, 0.1) is 10.8 Å². The number of rotatable bonds is 11. The monoisotopic (exact) mass is 786 g/mol. The van der Waals surface area contributed by atoms with Gasteiger partial charge in [0.15, 0.2) is 21.8 Å². The Labute approximate surface area is 313 Å². The van der Waals surface area contributed by atoms with E-state index < -0.39 is 97.3 Å². The Hall–Kier alpha value is -1.93. The summed E-state index contributed by atoms with van der Waals surface area (Å²) < 4.78 is 48.4. The molecule has 13 nitrogen and oxygen atoms in total. The van der Waals surface area contributed by atoms with Gasteiger partial charge in [0.25, 0.3) is 5.56 Å². The summed E-state index contributed by atoms with van der Waals surface area (Å²) >= 11 is 0. The van der Waals surface area contributed by atoms with Gasteiger partial charge in [0.05, 0.1) is 23.0 Å². The Balaban J connectivity index is 2.29. The fourth-order valence-corrected chi connectivity index (χ4v) is 19.0. The zero-order chi connectivity index (χ0) is 39.9. The van der Waals surface area contributed by atoms with Gasteiger partial charge in [-0.25, -0.2) is 9.36 Å². The summed E-state index contributed by atoms with van der Waals surface area (Å²) in [7, 11) is -8.37. The maximum atomic E-state index is 14.4. The number of fused-ring (bicyclic) bond motifs is 1. The SMILES string of the molecule is CC(C)[Si]1(C(C)C)OC[C@H]2O[C@@H](c3cn(COC(=O)C(C)(C)C)c(=O)n(COC(=O)C(C)(C)C)c3=O)[C@H](O[Si](C)(C)C)[C@@H]2O[Si](C(C)C)(C(C)C)O1. The summed E-state index contributed by atoms with van der Waals surface area (Å²) in [6, 6.07) is 0. The van der Waals surface area contributed by atoms with Gasteiger partial charge in [-0.15, -0.1) is 0 Å². The lowest BCUT2D eigenvalue weighted by atomic mass is 9.97. The first-order valence-corrected chi connectivity index (χ1v) is 26.0. The molecule has 0 saturated carbocycles. The van der Waals surface area contributed by atoms with E-state index in [0.29, 0.717) is 0 Å². The molecule has 3 heterocycles. The second-order valence-corrected chi connectivity index (χ2v) is 31.8. The second-order valence-electron chi connectivity index (χ2n) is 18.5. The number of carbonyl (C=O) groups excluding carboxylic acids is 2. The van der Waals surface area contributed by atoms with Crippen LogP contribution in [0.2, 0.25) is 41.8 Å². The number of nitrogens with zero attached hydrogens (tertiary/aromatic N) is 2. The highest BCUT2D eigenvalue weighted by molar-refractivity contribution is 6.84. The number of esters is 2. The first kappa shape index (κ1) is 44.5.